The third-order valence-corrected chi connectivity index (χ3v) is 2.97. The minimum atomic E-state index is -0.352. The van der Waals surface area contributed by atoms with Crippen LogP contribution < -0.4 is 15.8 Å². The molecule has 4 nitrogen and oxygen atoms in total. The Labute approximate surface area is 103 Å². The van der Waals surface area contributed by atoms with Crippen LogP contribution in [0.3, 0.4) is 0 Å². The number of benzene rings is 1. The minimum Gasteiger partial charge on any atom is -0.496 e. The Morgan fingerprint density at radius 3 is 2.53 bits per heavy atom. The van der Waals surface area contributed by atoms with Crippen LogP contribution in [-0.2, 0) is 0 Å². The van der Waals surface area contributed by atoms with E-state index in [0.29, 0.717) is 0 Å². The Hall–Kier alpha value is -1.10. The normalized spacial score (nSPS) is 14.5. The summed E-state index contributed by atoms with van der Waals surface area (Å²) in [7, 11) is 3.48. The van der Waals surface area contributed by atoms with Crippen molar-refractivity contribution in [2.75, 3.05) is 20.8 Å². The van der Waals surface area contributed by atoms with Crippen LogP contribution in [0, 0.1) is 13.8 Å². The van der Waals surface area contributed by atoms with Crippen LogP contribution in [0.5, 0.6) is 5.75 Å². The van der Waals surface area contributed by atoms with Gasteiger partial charge in [-0.05, 0) is 38.1 Å². The van der Waals surface area contributed by atoms with Gasteiger partial charge in [-0.25, -0.2) is 0 Å². The van der Waals surface area contributed by atoms with Crippen LogP contribution in [0.4, 0.5) is 0 Å². The Kier molecular flexibility index (Phi) is 4.93. The van der Waals surface area contributed by atoms with E-state index in [9.17, 15) is 5.11 Å². The summed E-state index contributed by atoms with van der Waals surface area (Å²) in [6.45, 7) is 3.99. The van der Waals surface area contributed by atoms with E-state index in [-0.39, 0.29) is 18.7 Å². The molecular formula is C13H22N2O2. The van der Waals surface area contributed by atoms with E-state index in [2.05, 4.69) is 11.4 Å². The third kappa shape index (κ3) is 2.97. The lowest BCUT2D eigenvalue weighted by Gasteiger charge is -2.26. The molecule has 4 N–H and O–H groups in total. The van der Waals surface area contributed by atoms with Gasteiger partial charge < -0.3 is 20.9 Å². The highest BCUT2D eigenvalue weighted by atomic mass is 16.5. The van der Waals surface area contributed by atoms with Gasteiger partial charge in [0.1, 0.15) is 5.75 Å². The van der Waals surface area contributed by atoms with Crippen molar-refractivity contribution in [1.82, 2.24) is 5.32 Å². The summed E-state index contributed by atoms with van der Waals surface area (Å²) in [6.07, 6.45) is 0. The maximum atomic E-state index is 9.20. The SMILES string of the molecule is CNC(c1c(C)cc(C)cc1OC)C(N)CO. The largest absolute Gasteiger partial charge is 0.496 e. The highest BCUT2D eigenvalue weighted by Gasteiger charge is 2.23. The predicted molar refractivity (Wildman–Crippen MR) is 69.3 cm³/mol. The molecule has 0 bridgehead atoms. The van der Waals surface area contributed by atoms with Crippen molar-refractivity contribution in [1.29, 1.82) is 0 Å². The molecule has 0 radical (unpaired) electrons. The number of aliphatic hydroxyl groups excluding tert-OH is 1. The number of methoxy groups -OCH3 is 1. The van der Waals surface area contributed by atoms with Gasteiger partial charge in [-0.2, -0.15) is 0 Å². The lowest BCUT2D eigenvalue weighted by molar-refractivity contribution is 0.238. The lowest BCUT2D eigenvalue weighted by Crippen LogP contribution is -2.39. The van der Waals surface area contributed by atoms with E-state index in [1.54, 1.807) is 7.11 Å². The molecule has 1 rings (SSSR count). The zero-order valence-corrected chi connectivity index (χ0v) is 10.9. The zero-order valence-electron chi connectivity index (χ0n) is 10.9. The Morgan fingerprint density at radius 2 is 2.06 bits per heavy atom. The summed E-state index contributed by atoms with van der Waals surface area (Å²) in [6, 6.07) is 3.61. The number of rotatable bonds is 5. The van der Waals surface area contributed by atoms with Crippen molar-refractivity contribution >= 4 is 0 Å². The average molecular weight is 238 g/mol. The summed E-state index contributed by atoms with van der Waals surface area (Å²) in [4.78, 5) is 0. The summed E-state index contributed by atoms with van der Waals surface area (Å²) in [5.41, 5.74) is 9.20. The third-order valence-electron chi connectivity index (χ3n) is 2.97. The van der Waals surface area contributed by atoms with E-state index in [0.717, 1.165) is 22.4 Å². The maximum absolute atomic E-state index is 9.20. The molecule has 17 heavy (non-hydrogen) atoms. The zero-order chi connectivity index (χ0) is 13.0. The quantitative estimate of drug-likeness (QED) is 0.713. The lowest BCUT2D eigenvalue weighted by atomic mass is 9.93. The van der Waals surface area contributed by atoms with Crippen LogP contribution in [0.2, 0.25) is 0 Å². The van der Waals surface area contributed by atoms with Crippen LogP contribution in [0.1, 0.15) is 22.7 Å². The van der Waals surface area contributed by atoms with Gasteiger partial charge in [-0.15, -0.1) is 0 Å². The molecule has 0 fully saturated rings. The molecule has 0 aromatic heterocycles. The second-order valence-electron chi connectivity index (χ2n) is 4.31. The van der Waals surface area contributed by atoms with Gasteiger partial charge in [0.05, 0.1) is 19.8 Å². The summed E-state index contributed by atoms with van der Waals surface area (Å²) in [5, 5.41) is 12.3. The number of hydrogen-bond donors (Lipinski definition) is 3. The highest BCUT2D eigenvalue weighted by Crippen LogP contribution is 2.31. The van der Waals surface area contributed by atoms with Crippen LogP contribution in [-0.4, -0.2) is 31.9 Å². The molecular weight excluding hydrogens is 216 g/mol. The van der Waals surface area contributed by atoms with Crippen LogP contribution >= 0.6 is 0 Å². The molecule has 1 aromatic rings. The van der Waals surface area contributed by atoms with Gasteiger partial charge in [0.2, 0.25) is 0 Å². The first-order valence-electron chi connectivity index (χ1n) is 5.74. The summed E-state index contributed by atoms with van der Waals surface area (Å²) < 4.78 is 5.41. The van der Waals surface area contributed by atoms with Gasteiger partial charge in [0.25, 0.3) is 0 Å². The fourth-order valence-corrected chi connectivity index (χ4v) is 2.19. The fraction of sp³-hybridized carbons (Fsp3) is 0.538. The van der Waals surface area contributed by atoms with Gasteiger partial charge in [-0.3, -0.25) is 0 Å². The van der Waals surface area contributed by atoms with E-state index in [1.165, 1.54) is 0 Å². The van der Waals surface area contributed by atoms with Crippen molar-refractivity contribution in [3.05, 3.63) is 28.8 Å². The smallest absolute Gasteiger partial charge is 0.124 e. The Morgan fingerprint density at radius 1 is 1.41 bits per heavy atom. The van der Waals surface area contributed by atoms with E-state index >= 15 is 0 Å². The van der Waals surface area contributed by atoms with Crippen molar-refractivity contribution in [2.45, 2.75) is 25.9 Å². The molecule has 0 heterocycles. The fourth-order valence-electron chi connectivity index (χ4n) is 2.19. The monoisotopic (exact) mass is 238 g/mol. The van der Waals surface area contributed by atoms with Crippen LogP contribution in [0.15, 0.2) is 12.1 Å². The first-order chi connectivity index (χ1) is 8.04. The topological polar surface area (TPSA) is 67.5 Å². The second-order valence-corrected chi connectivity index (χ2v) is 4.31. The number of nitrogens with one attached hydrogen (secondary N) is 1. The molecule has 96 valence electrons. The van der Waals surface area contributed by atoms with Gasteiger partial charge in [0.15, 0.2) is 0 Å². The summed E-state index contributed by atoms with van der Waals surface area (Å²) in [5.74, 6) is 0.811. The molecule has 0 spiro atoms. The van der Waals surface area contributed by atoms with Crippen molar-refractivity contribution < 1.29 is 9.84 Å². The molecule has 0 aliphatic carbocycles. The number of aryl methyl sites for hydroxylation is 2. The maximum Gasteiger partial charge on any atom is 0.124 e. The van der Waals surface area contributed by atoms with Crippen LogP contribution in [0.25, 0.3) is 0 Å². The van der Waals surface area contributed by atoms with Crippen molar-refractivity contribution in [3.8, 4) is 5.75 Å². The second kappa shape index (κ2) is 6.00. The van der Waals surface area contributed by atoms with E-state index < -0.39 is 0 Å². The standard InChI is InChI=1S/C13H22N2O2/c1-8-5-9(2)12(11(6-8)17-4)13(15-3)10(14)7-16/h5-6,10,13,15-16H,7,14H2,1-4H3. The van der Waals surface area contributed by atoms with Gasteiger partial charge >= 0.3 is 0 Å². The summed E-state index contributed by atoms with van der Waals surface area (Å²) >= 11 is 0. The molecule has 0 saturated carbocycles. The van der Waals surface area contributed by atoms with Gasteiger partial charge in [0, 0.05) is 11.6 Å². The number of nitrogens with two attached hydrogens (primary N) is 1. The number of aliphatic hydroxyl groups is 1. The number of likely N-dealkylation sites (N-methyl/N-ethyl adjacent to an activating group) is 1. The molecule has 4 heteroatoms. The molecule has 0 saturated heterocycles. The van der Waals surface area contributed by atoms with E-state index in [1.807, 2.05) is 27.0 Å². The number of ether oxygens (including phenoxy) is 1. The Bertz CT molecular complexity index is 380. The molecule has 0 amide bonds. The molecule has 1 aromatic carbocycles. The predicted octanol–water partition coefficient (Wildman–Crippen LogP) is 0.892. The van der Waals surface area contributed by atoms with Crippen molar-refractivity contribution in [2.24, 2.45) is 5.73 Å². The molecule has 0 aliphatic heterocycles. The first-order valence-corrected chi connectivity index (χ1v) is 5.74. The highest BCUT2D eigenvalue weighted by molar-refractivity contribution is 5.45. The van der Waals surface area contributed by atoms with Gasteiger partial charge in [-0.1, -0.05) is 6.07 Å². The Balaban J connectivity index is 3.26. The molecule has 2 unspecified atom stereocenters. The molecule has 2 atom stereocenters. The number of hydrogen-bond acceptors (Lipinski definition) is 4. The molecule has 0 aliphatic rings. The first kappa shape index (κ1) is 14.0. The average Bonchev–Trinajstić information content (AvgIpc) is 2.31. The minimum absolute atomic E-state index is 0.0675. The van der Waals surface area contributed by atoms with E-state index in [4.69, 9.17) is 10.5 Å². The van der Waals surface area contributed by atoms with Crippen molar-refractivity contribution in [3.63, 3.8) is 0 Å².